The molecule has 1 atom stereocenters. The van der Waals surface area contributed by atoms with E-state index in [1.54, 1.807) is 19.6 Å². The van der Waals surface area contributed by atoms with Crippen LogP contribution in [0.15, 0.2) is 73.2 Å². The summed E-state index contributed by atoms with van der Waals surface area (Å²) in [6.45, 7) is 10.4. The van der Waals surface area contributed by atoms with Gasteiger partial charge in [0.15, 0.2) is 5.82 Å². The summed E-state index contributed by atoms with van der Waals surface area (Å²) in [5, 5.41) is 15.4. The molecule has 266 valence electrons. The van der Waals surface area contributed by atoms with E-state index in [-0.39, 0.29) is 12.0 Å². The Hall–Kier alpha value is -5.40. The highest BCUT2D eigenvalue weighted by molar-refractivity contribution is 5.95. The maximum absolute atomic E-state index is 12.6. The highest BCUT2D eigenvalue weighted by atomic mass is 16.5. The molecule has 0 unspecified atom stereocenters. The number of carbonyl (C=O) groups excluding carboxylic acids is 2. The van der Waals surface area contributed by atoms with Crippen LogP contribution in [0, 0.1) is 0 Å². The zero-order valence-electron chi connectivity index (χ0n) is 29.6. The number of nitrogens with zero attached hydrogens (tertiary/aromatic N) is 7. The van der Waals surface area contributed by atoms with Crippen molar-refractivity contribution in [2.45, 2.75) is 45.8 Å². The van der Waals surface area contributed by atoms with Crippen molar-refractivity contribution in [2.24, 2.45) is 0 Å². The number of ether oxygens (including phenoxy) is 2. The largest absolute Gasteiger partial charge is 0.478 e. The number of anilines is 1. The van der Waals surface area contributed by atoms with Crippen LogP contribution in [0.25, 0.3) is 39.1 Å². The number of pyridine rings is 1. The standard InChI is InChI=1S/C23H31N5O2.C15H14N4O2/c1-17(2)28-16-24-23(25-28)20-6-4-18(5-7-20)19-8-12-27(13-9-19)22(29)15-26-11-10-21(14-26)30-3;1-2-21-14-6-3-10(8-16-14)15-12-7-11(17-9-20)4-5-13(12)18-19-15/h4-8,16-17,21H,9-15H2,1-3H3;3-9H,2H2,1H3,(H,17,20)(H,18,19)/t21-;/m0./s1. The second kappa shape index (κ2) is 16.5. The summed E-state index contributed by atoms with van der Waals surface area (Å²) in [6, 6.07) is 18.0. The number of benzene rings is 2. The predicted molar refractivity (Wildman–Crippen MR) is 197 cm³/mol. The number of hydrogen-bond donors (Lipinski definition) is 2. The Kier molecular flexibility index (Phi) is 11.5. The van der Waals surface area contributed by atoms with Gasteiger partial charge in [-0.2, -0.15) is 10.2 Å². The Morgan fingerprint density at radius 1 is 1.06 bits per heavy atom. The molecule has 2 aromatic carbocycles. The van der Waals surface area contributed by atoms with Crippen molar-refractivity contribution in [3.8, 4) is 28.5 Å². The molecular weight excluding hydrogens is 646 g/mol. The SMILES string of the molecule is CCOc1ccc(-c2n[nH]c3ccc(NC=O)cc23)cn1.CO[C@H]1CCN(CC(=O)N2CC=C(c3ccc(-c4ncn(C(C)C)n4)cc3)CC2)C1. The molecule has 13 nitrogen and oxygen atoms in total. The topological polar surface area (TPSA) is 143 Å². The zero-order chi connectivity index (χ0) is 35.7. The lowest BCUT2D eigenvalue weighted by Gasteiger charge is -2.28. The third-order valence-corrected chi connectivity index (χ3v) is 9.13. The number of rotatable bonds is 11. The van der Waals surface area contributed by atoms with Crippen molar-refractivity contribution in [3.05, 3.63) is 78.8 Å². The van der Waals surface area contributed by atoms with E-state index in [1.165, 1.54) is 11.1 Å². The van der Waals surface area contributed by atoms with E-state index in [9.17, 15) is 9.59 Å². The van der Waals surface area contributed by atoms with Gasteiger partial charge in [0.05, 0.1) is 24.8 Å². The third kappa shape index (κ3) is 8.67. The Bertz CT molecular complexity index is 1950. The van der Waals surface area contributed by atoms with Gasteiger partial charge in [-0.25, -0.2) is 14.6 Å². The Morgan fingerprint density at radius 2 is 1.86 bits per heavy atom. The Balaban J connectivity index is 0.000000187. The van der Waals surface area contributed by atoms with Crippen molar-refractivity contribution in [2.75, 3.05) is 51.8 Å². The van der Waals surface area contributed by atoms with E-state index >= 15 is 0 Å². The molecule has 0 bridgehead atoms. The summed E-state index contributed by atoms with van der Waals surface area (Å²) in [5.41, 5.74) is 6.81. The molecule has 0 aliphatic carbocycles. The van der Waals surface area contributed by atoms with E-state index in [0.29, 0.717) is 38.0 Å². The molecule has 0 radical (unpaired) electrons. The normalized spacial score (nSPS) is 16.1. The number of methoxy groups -OCH3 is 1. The summed E-state index contributed by atoms with van der Waals surface area (Å²) in [5.74, 6) is 1.55. The monoisotopic (exact) mass is 691 g/mol. The smallest absolute Gasteiger partial charge is 0.237 e. The maximum Gasteiger partial charge on any atom is 0.237 e. The van der Waals surface area contributed by atoms with Gasteiger partial charge in [0, 0.05) is 73.8 Å². The molecule has 7 rings (SSSR count). The molecular formula is C38H45N9O4. The zero-order valence-corrected chi connectivity index (χ0v) is 29.6. The van der Waals surface area contributed by atoms with E-state index in [0.717, 1.165) is 71.7 Å². The highest BCUT2D eigenvalue weighted by Crippen LogP contribution is 2.29. The molecule has 2 aliphatic rings. The molecule has 0 saturated carbocycles. The summed E-state index contributed by atoms with van der Waals surface area (Å²) in [6.07, 6.45) is 8.50. The molecule has 2 amide bonds. The summed E-state index contributed by atoms with van der Waals surface area (Å²) < 4.78 is 12.6. The first kappa shape index (κ1) is 35.4. The lowest BCUT2D eigenvalue weighted by molar-refractivity contribution is -0.131. The van der Waals surface area contributed by atoms with E-state index in [4.69, 9.17) is 9.47 Å². The van der Waals surface area contributed by atoms with Crippen molar-refractivity contribution in [3.63, 3.8) is 0 Å². The second-order valence-corrected chi connectivity index (χ2v) is 12.8. The summed E-state index contributed by atoms with van der Waals surface area (Å²) in [4.78, 5) is 36.0. The number of nitrogens with one attached hydrogen (secondary N) is 2. The molecule has 3 aromatic heterocycles. The minimum atomic E-state index is 0.212. The fourth-order valence-electron chi connectivity index (χ4n) is 6.22. The van der Waals surface area contributed by atoms with Gasteiger partial charge in [-0.1, -0.05) is 30.3 Å². The van der Waals surface area contributed by atoms with Crippen LogP contribution in [0.1, 0.15) is 45.2 Å². The molecule has 1 saturated heterocycles. The van der Waals surface area contributed by atoms with Crippen molar-refractivity contribution in [1.29, 1.82) is 0 Å². The van der Waals surface area contributed by atoms with Gasteiger partial charge in [0.1, 0.15) is 12.0 Å². The van der Waals surface area contributed by atoms with Crippen molar-refractivity contribution < 1.29 is 19.1 Å². The average molecular weight is 692 g/mol. The molecule has 0 spiro atoms. The van der Waals surface area contributed by atoms with E-state index < -0.39 is 0 Å². The quantitative estimate of drug-likeness (QED) is 0.173. The van der Waals surface area contributed by atoms with Gasteiger partial charge >= 0.3 is 0 Å². The second-order valence-electron chi connectivity index (χ2n) is 12.8. The van der Waals surface area contributed by atoms with Gasteiger partial charge < -0.3 is 19.7 Å². The molecule has 51 heavy (non-hydrogen) atoms. The van der Waals surface area contributed by atoms with Gasteiger partial charge in [0.2, 0.25) is 18.2 Å². The summed E-state index contributed by atoms with van der Waals surface area (Å²) >= 11 is 0. The molecule has 5 heterocycles. The summed E-state index contributed by atoms with van der Waals surface area (Å²) in [7, 11) is 1.74. The number of aromatic amines is 1. The Labute approximate surface area is 297 Å². The number of hydrogen-bond acceptors (Lipinski definition) is 9. The number of H-pyrrole nitrogens is 1. The van der Waals surface area contributed by atoms with E-state index in [1.807, 2.05) is 46.8 Å². The first-order chi connectivity index (χ1) is 24.8. The van der Waals surface area contributed by atoms with Crippen LogP contribution in [0.4, 0.5) is 5.69 Å². The minimum absolute atomic E-state index is 0.212. The molecule has 1 fully saturated rings. The van der Waals surface area contributed by atoms with Crippen LogP contribution >= 0.6 is 0 Å². The van der Waals surface area contributed by atoms with Crippen LogP contribution < -0.4 is 10.1 Å². The number of likely N-dealkylation sites (tertiary alicyclic amines) is 1. The predicted octanol–water partition coefficient (Wildman–Crippen LogP) is 5.45. The number of fused-ring (bicyclic) bond motifs is 1. The Morgan fingerprint density at radius 3 is 2.51 bits per heavy atom. The van der Waals surface area contributed by atoms with E-state index in [2.05, 4.69) is 79.7 Å². The molecule has 13 heteroatoms. The van der Waals surface area contributed by atoms with Crippen LogP contribution in [0.2, 0.25) is 0 Å². The van der Waals surface area contributed by atoms with Crippen LogP contribution in [0.3, 0.4) is 0 Å². The molecule has 5 aromatic rings. The fourth-order valence-corrected chi connectivity index (χ4v) is 6.22. The highest BCUT2D eigenvalue weighted by Gasteiger charge is 2.26. The van der Waals surface area contributed by atoms with Gasteiger partial charge in [-0.15, -0.1) is 0 Å². The van der Waals surface area contributed by atoms with Crippen LogP contribution in [-0.4, -0.2) is 105 Å². The van der Waals surface area contributed by atoms with Gasteiger partial charge in [-0.3, -0.25) is 19.6 Å². The lowest BCUT2D eigenvalue weighted by atomic mass is 9.98. The molecule has 2 aliphatic heterocycles. The van der Waals surface area contributed by atoms with Crippen molar-refractivity contribution in [1.82, 2.24) is 39.7 Å². The average Bonchev–Trinajstić information content (AvgIpc) is 3.93. The van der Waals surface area contributed by atoms with Gasteiger partial charge in [-0.05, 0) is 69.0 Å². The maximum atomic E-state index is 12.6. The van der Waals surface area contributed by atoms with Crippen molar-refractivity contribution >= 4 is 34.5 Å². The van der Waals surface area contributed by atoms with Gasteiger partial charge in [0.25, 0.3) is 0 Å². The number of amides is 2. The fraction of sp³-hybridized carbons (Fsp3) is 0.368. The van der Waals surface area contributed by atoms with Crippen LogP contribution in [-0.2, 0) is 14.3 Å². The minimum Gasteiger partial charge on any atom is -0.478 e. The molecule has 2 N–H and O–H groups in total. The first-order valence-electron chi connectivity index (χ1n) is 17.4. The first-order valence-corrected chi connectivity index (χ1v) is 17.4. The number of carbonyl (C=O) groups is 2. The lowest BCUT2D eigenvalue weighted by Crippen LogP contribution is -2.41. The third-order valence-electron chi connectivity index (χ3n) is 9.13. The van der Waals surface area contributed by atoms with Crippen LogP contribution in [0.5, 0.6) is 5.88 Å². The number of aromatic nitrogens is 6.